The lowest BCUT2D eigenvalue weighted by atomic mass is 10.3. The van der Waals surface area contributed by atoms with Crippen molar-refractivity contribution in [3.8, 4) is 0 Å². The van der Waals surface area contributed by atoms with Crippen molar-refractivity contribution in [3.63, 3.8) is 0 Å². The zero-order valence-electron chi connectivity index (χ0n) is 14.2. The van der Waals surface area contributed by atoms with E-state index in [9.17, 15) is 14.4 Å². The molecule has 2 aromatic heterocycles. The summed E-state index contributed by atoms with van der Waals surface area (Å²) in [7, 11) is 3.00. The van der Waals surface area contributed by atoms with Gasteiger partial charge in [0.05, 0.1) is 0 Å². The fourth-order valence-corrected chi connectivity index (χ4v) is 3.08. The first-order chi connectivity index (χ1) is 11.9. The van der Waals surface area contributed by atoms with Gasteiger partial charge in [-0.25, -0.2) is 9.59 Å². The van der Waals surface area contributed by atoms with E-state index in [4.69, 9.17) is 5.11 Å². The highest BCUT2D eigenvalue weighted by Crippen LogP contribution is 2.21. The summed E-state index contributed by atoms with van der Waals surface area (Å²) in [6, 6.07) is 0. The molecule has 3 rings (SSSR count). The summed E-state index contributed by atoms with van der Waals surface area (Å²) >= 11 is 0. The summed E-state index contributed by atoms with van der Waals surface area (Å²) in [6.07, 6.45) is 0.707. The number of aryl methyl sites for hydroxylation is 1. The molecule has 0 saturated carbocycles. The number of allylic oxidation sites excluding steroid dienone is 1. The first-order valence-corrected chi connectivity index (χ1v) is 7.86. The maximum absolute atomic E-state index is 12.6. The lowest BCUT2D eigenvalue weighted by molar-refractivity contribution is 0.142. The Morgan fingerprint density at radius 2 is 1.84 bits per heavy atom. The van der Waals surface area contributed by atoms with E-state index >= 15 is 0 Å². The van der Waals surface area contributed by atoms with Gasteiger partial charge in [0.25, 0.3) is 5.56 Å². The molecule has 0 unspecified atom stereocenters. The largest absolute Gasteiger partial charge is 0.465 e. The van der Waals surface area contributed by atoms with E-state index in [2.05, 4.69) is 11.6 Å². The Kier molecular flexibility index (Phi) is 4.11. The summed E-state index contributed by atoms with van der Waals surface area (Å²) < 4.78 is 4.11. The predicted octanol–water partition coefficient (Wildman–Crippen LogP) is -0.580. The van der Waals surface area contributed by atoms with Crippen molar-refractivity contribution >= 4 is 23.2 Å². The molecular formula is C15H20N6O4. The van der Waals surface area contributed by atoms with Crippen molar-refractivity contribution in [2.24, 2.45) is 14.1 Å². The molecule has 1 aliphatic heterocycles. The molecule has 0 aliphatic carbocycles. The smallest absolute Gasteiger partial charge is 0.407 e. The molecule has 134 valence electrons. The van der Waals surface area contributed by atoms with Crippen LogP contribution in [-0.2, 0) is 20.6 Å². The van der Waals surface area contributed by atoms with E-state index < -0.39 is 17.3 Å². The van der Waals surface area contributed by atoms with Crippen LogP contribution in [0.5, 0.6) is 0 Å². The fourth-order valence-electron chi connectivity index (χ4n) is 3.08. The van der Waals surface area contributed by atoms with Crippen molar-refractivity contribution < 1.29 is 9.90 Å². The third-order valence-electron chi connectivity index (χ3n) is 4.47. The minimum Gasteiger partial charge on any atom is -0.465 e. The lowest BCUT2D eigenvalue weighted by Gasteiger charge is -2.33. The van der Waals surface area contributed by atoms with Crippen LogP contribution in [0.3, 0.4) is 0 Å². The summed E-state index contributed by atoms with van der Waals surface area (Å²) in [5, 5.41) is 9.07. The van der Waals surface area contributed by atoms with Crippen LogP contribution in [0.15, 0.2) is 22.2 Å². The Morgan fingerprint density at radius 1 is 1.20 bits per heavy atom. The Balaban J connectivity index is 2.15. The van der Waals surface area contributed by atoms with Gasteiger partial charge in [0.15, 0.2) is 11.2 Å². The highest BCUT2D eigenvalue weighted by atomic mass is 16.4. The van der Waals surface area contributed by atoms with Gasteiger partial charge in [-0.1, -0.05) is 6.08 Å². The van der Waals surface area contributed by atoms with Gasteiger partial charge in [0.1, 0.15) is 0 Å². The third kappa shape index (κ3) is 2.59. The van der Waals surface area contributed by atoms with E-state index in [0.717, 1.165) is 4.57 Å². The van der Waals surface area contributed by atoms with Crippen LogP contribution in [0.2, 0.25) is 0 Å². The van der Waals surface area contributed by atoms with Crippen LogP contribution < -0.4 is 16.1 Å². The molecule has 1 aliphatic rings. The topological polar surface area (TPSA) is 106 Å². The Labute approximate surface area is 142 Å². The van der Waals surface area contributed by atoms with Crippen molar-refractivity contribution in [2.45, 2.75) is 6.54 Å². The molecule has 0 radical (unpaired) electrons. The van der Waals surface area contributed by atoms with Gasteiger partial charge in [0.2, 0.25) is 5.95 Å². The number of rotatable bonds is 3. The van der Waals surface area contributed by atoms with Crippen LogP contribution >= 0.6 is 0 Å². The molecule has 0 aromatic carbocycles. The molecular weight excluding hydrogens is 328 g/mol. The number of nitrogens with zero attached hydrogens (tertiary/aromatic N) is 6. The van der Waals surface area contributed by atoms with E-state index in [1.165, 1.54) is 16.5 Å². The standard InChI is InChI=1S/C15H20N6O4/c1-4-5-21-10-11(17(2)14(23)18(3)12(10)22)16-13(21)19-6-8-20(9-7-19)15(24)25/h4H,1,5-9H2,2-3H3,(H,24,25). The number of piperazine rings is 1. The number of hydrogen-bond donors (Lipinski definition) is 1. The minimum atomic E-state index is -0.949. The van der Waals surface area contributed by atoms with Crippen LogP contribution in [0.25, 0.3) is 11.2 Å². The highest BCUT2D eigenvalue weighted by molar-refractivity contribution is 5.75. The number of anilines is 1. The van der Waals surface area contributed by atoms with Gasteiger partial charge in [-0.2, -0.15) is 4.98 Å². The second kappa shape index (κ2) is 6.11. The average molecular weight is 348 g/mol. The van der Waals surface area contributed by atoms with Crippen LogP contribution in [-0.4, -0.2) is 61.0 Å². The number of amides is 1. The van der Waals surface area contributed by atoms with E-state index in [1.807, 2.05) is 4.90 Å². The SMILES string of the molecule is C=CCn1c(N2CCN(C(=O)O)CC2)nc2c1c(=O)n(C)c(=O)n2C. The number of fused-ring (bicyclic) bond motifs is 1. The Hall–Kier alpha value is -3.04. The van der Waals surface area contributed by atoms with Crippen molar-refractivity contribution in [1.29, 1.82) is 0 Å². The number of aromatic nitrogens is 4. The predicted molar refractivity (Wildman–Crippen MR) is 92.2 cm³/mol. The maximum Gasteiger partial charge on any atom is 0.407 e. The maximum atomic E-state index is 12.6. The summed E-state index contributed by atoms with van der Waals surface area (Å²) in [4.78, 5) is 43.6. The first kappa shape index (κ1) is 16.8. The van der Waals surface area contributed by atoms with Crippen LogP contribution in [0.4, 0.5) is 10.7 Å². The molecule has 10 nitrogen and oxygen atoms in total. The van der Waals surface area contributed by atoms with Crippen LogP contribution in [0, 0.1) is 0 Å². The summed E-state index contributed by atoms with van der Waals surface area (Å²) in [6.45, 7) is 5.71. The van der Waals surface area contributed by atoms with E-state index in [1.54, 1.807) is 17.7 Å². The fraction of sp³-hybridized carbons (Fsp3) is 0.467. The highest BCUT2D eigenvalue weighted by Gasteiger charge is 2.26. The monoisotopic (exact) mass is 348 g/mol. The van der Waals surface area contributed by atoms with Gasteiger partial charge in [0, 0.05) is 46.8 Å². The molecule has 0 spiro atoms. The number of imidazole rings is 1. The second-order valence-corrected chi connectivity index (χ2v) is 5.95. The molecule has 10 heteroatoms. The van der Waals surface area contributed by atoms with E-state index in [-0.39, 0.29) is 0 Å². The Morgan fingerprint density at radius 3 is 2.40 bits per heavy atom. The van der Waals surface area contributed by atoms with Gasteiger partial charge >= 0.3 is 11.8 Å². The number of carbonyl (C=O) groups is 1. The van der Waals surface area contributed by atoms with Crippen LogP contribution in [0.1, 0.15) is 0 Å². The molecule has 2 aromatic rings. The van der Waals surface area contributed by atoms with E-state index in [0.29, 0.717) is 49.8 Å². The lowest BCUT2D eigenvalue weighted by Crippen LogP contribution is -2.49. The van der Waals surface area contributed by atoms with Crippen molar-refractivity contribution in [3.05, 3.63) is 33.5 Å². The molecule has 1 N–H and O–H groups in total. The van der Waals surface area contributed by atoms with Gasteiger partial charge in [-0.3, -0.25) is 13.9 Å². The molecule has 3 heterocycles. The molecule has 1 amide bonds. The van der Waals surface area contributed by atoms with Gasteiger partial charge in [-0.05, 0) is 0 Å². The zero-order valence-corrected chi connectivity index (χ0v) is 14.2. The molecule has 1 saturated heterocycles. The second-order valence-electron chi connectivity index (χ2n) is 5.95. The number of hydrogen-bond acceptors (Lipinski definition) is 5. The quantitative estimate of drug-likeness (QED) is 0.744. The molecule has 0 bridgehead atoms. The third-order valence-corrected chi connectivity index (χ3v) is 4.47. The molecule has 1 fully saturated rings. The van der Waals surface area contributed by atoms with Crippen molar-refractivity contribution in [2.75, 3.05) is 31.1 Å². The van der Waals surface area contributed by atoms with Gasteiger partial charge in [-0.15, -0.1) is 6.58 Å². The van der Waals surface area contributed by atoms with Gasteiger partial charge < -0.3 is 19.5 Å². The normalized spacial score (nSPS) is 15.0. The summed E-state index contributed by atoms with van der Waals surface area (Å²) in [5.41, 5.74) is -0.211. The number of carboxylic acid groups (broad SMARTS) is 1. The minimum absolute atomic E-state index is 0.311. The molecule has 25 heavy (non-hydrogen) atoms. The Bertz CT molecular complexity index is 961. The zero-order chi connectivity index (χ0) is 18.3. The molecule has 0 atom stereocenters. The summed E-state index contributed by atoms with van der Waals surface area (Å²) in [5.74, 6) is 0.540. The first-order valence-electron chi connectivity index (χ1n) is 7.86. The average Bonchev–Trinajstić information content (AvgIpc) is 2.98. The van der Waals surface area contributed by atoms with Crippen molar-refractivity contribution in [1.82, 2.24) is 23.6 Å².